The summed E-state index contributed by atoms with van der Waals surface area (Å²) in [7, 11) is 0. The Bertz CT molecular complexity index is 1450. The molecule has 8 N–H and O–H groups in total. The van der Waals surface area contributed by atoms with Crippen LogP contribution < -0.4 is 27.0 Å². The highest BCUT2D eigenvalue weighted by Crippen LogP contribution is 2.22. The van der Waals surface area contributed by atoms with Gasteiger partial charge in [-0.2, -0.15) is 0 Å². The molecule has 0 spiro atoms. The van der Waals surface area contributed by atoms with Crippen molar-refractivity contribution < 1.29 is 38.6 Å². The maximum absolute atomic E-state index is 13.8. The van der Waals surface area contributed by atoms with E-state index in [1.807, 2.05) is 32.0 Å². The van der Waals surface area contributed by atoms with Crippen molar-refractivity contribution in [2.24, 2.45) is 11.7 Å². The number of benzene rings is 1. The Morgan fingerprint density at radius 1 is 0.961 bits per heavy atom. The number of imidazole rings is 1. The van der Waals surface area contributed by atoms with Gasteiger partial charge in [-0.15, -0.1) is 0 Å². The molecular formula is C35H52N8O8. The topological polar surface area (TPSA) is 238 Å². The lowest BCUT2D eigenvalue weighted by molar-refractivity contribution is -0.138. The van der Waals surface area contributed by atoms with E-state index in [0.29, 0.717) is 12.3 Å². The number of nitrogens with two attached hydrogens (primary N) is 1. The van der Waals surface area contributed by atoms with Crippen molar-refractivity contribution in [2.75, 3.05) is 19.8 Å². The van der Waals surface area contributed by atoms with Crippen LogP contribution in [-0.2, 0) is 46.3 Å². The fraction of sp³-hybridized carbons (Fsp3) is 0.571. The number of aromatic nitrogens is 2. The number of hydrogen-bond donors (Lipinski definition) is 7. The molecule has 0 aliphatic carbocycles. The highest BCUT2D eigenvalue weighted by atomic mass is 16.5. The number of carbonyl (C=O) groups is 6. The number of H-pyrrole nitrogens is 1. The Kier molecular flexibility index (Phi) is 16.0. The molecule has 1 saturated heterocycles. The van der Waals surface area contributed by atoms with Crippen LogP contribution in [0.5, 0.6) is 0 Å². The zero-order chi connectivity index (χ0) is 37.5. The molecule has 0 saturated carbocycles. The third-order valence-corrected chi connectivity index (χ3v) is 8.58. The minimum absolute atomic E-state index is 0.0462. The second-order valence-corrected chi connectivity index (χ2v) is 13.3. The van der Waals surface area contributed by atoms with Crippen LogP contribution in [0.1, 0.15) is 64.6 Å². The highest BCUT2D eigenvalue weighted by Gasteiger charge is 2.40. The quantitative estimate of drug-likeness (QED) is 0.0872. The number of aryl methyl sites for hydroxylation is 1. The summed E-state index contributed by atoms with van der Waals surface area (Å²) in [4.78, 5) is 85.7. The summed E-state index contributed by atoms with van der Waals surface area (Å²) in [5.41, 5.74) is 6.94. The van der Waals surface area contributed by atoms with Crippen LogP contribution in [0.3, 0.4) is 0 Å². The van der Waals surface area contributed by atoms with Gasteiger partial charge in [-0.05, 0) is 44.1 Å². The number of aliphatic hydroxyl groups is 1. The summed E-state index contributed by atoms with van der Waals surface area (Å²) in [6.07, 6.45) is 5.62. The van der Waals surface area contributed by atoms with Crippen molar-refractivity contribution in [1.82, 2.24) is 36.1 Å². The van der Waals surface area contributed by atoms with Gasteiger partial charge in [-0.25, -0.2) is 4.98 Å². The molecule has 1 fully saturated rings. The lowest BCUT2D eigenvalue weighted by Crippen LogP contribution is -2.60. The average molecular weight is 713 g/mol. The molecule has 16 heteroatoms. The normalized spacial score (nSPS) is 18.0. The van der Waals surface area contributed by atoms with E-state index < -0.39 is 66.4 Å². The Hall–Kier alpha value is -4.83. The highest BCUT2D eigenvalue weighted by molar-refractivity contribution is 5.96. The molecule has 2 aromatic rings. The molecule has 0 unspecified atom stereocenters. The standard InChI is InChI=1S/C35H52N8O8/c1-21(2)14-27(41-35(50)30-16-26(18-43(30)23(4)45)51-13-9-8-12-24-10-6-5-7-11-24)32(47)40-28(15-25-17-37-20-38-25)33(48)42-29(19-44)34(49)39-22(3)31(36)46/h5-7,10-11,17,20-22,26-30,44H,8-9,12-16,18-19H2,1-4H3,(H2,36,46)(H,37,38)(H,39,49)(H,40,47)(H,41,50)(H,42,48)/t22-,26-,27-,28-,29-,30-/m0/s1. The molecule has 1 aromatic carbocycles. The Morgan fingerprint density at radius 3 is 2.24 bits per heavy atom. The van der Waals surface area contributed by atoms with E-state index in [-0.39, 0.29) is 43.7 Å². The van der Waals surface area contributed by atoms with Gasteiger partial charge in [0, 0.05) is 44.8 Å². The maximum atomic E-state index is 13.8. The number of likely N-dealkylation sites (tertiary alicyclic amines) is 1. The van der Waals surface area contributed by atoms with Crippen LogP contribution in [0.15, 0.2) is 42.9 Å². The molecule has 3 rings (SSSR count). The molecule has 280 valence electrons. The van der Waals surface area contributed by atoms with Gasteiger partial charge in [0.15, 0.2) is 0 Å². The summed E-state index contributed by atoms with van der Waals surface area (Å²) in [6, 6.07) is 4.44. The van der Waals surface area contributed by atoms with E-state index in [4.69, 9.17) is 10.5 Å². The van der Waals surface area contributed by atoms with Crippen LogP contribution in [0.25, 0.3) is 0 Å². The van der Waals surface area contributed by atoms with E-state index in [2.05, 4.69) is 43.4 Å². The number of amides is 6. The number of aromatic amines is 1. The average Bonchev–Trinajstić information content (AvgIpc) is 3.77. The summed E-state index contributed by atoms with van der Waals surface area (Å²) in [5, 5.41) is 20.0. The number of primary amides is 1. The van der Waals surface area contributed by atoms with Crippen LogP contribution in [0, 0.1) is 5.92 Å². The fourth-order valence-corrected chi connectivity index (χ4v) is 5.76. The zero-order valence-corrected chi connectivity index (χ0v) is 29.7. The third-order valence-electron chi connectivity index (χ3n) is 8.58. The van der Waals surface area contributed by atoms with Crippen molar-refractivity contribution in [1.29, 1.82) is 0 Å². The summed E-state index contributed by atoms with van der Waals surface area (Å²) >= 11 is 0. The predicted molar refractivity (Wildman–Crippen MR) is 186 cm³/mol. The van der Waals surface area contributed by atoms with Crippen molar-refractivity contribution >= 4 is 35.4 Å². The third kappa shape index (κ3) is 13.1. The minimum atomic E-state index is -1.45. The Balaban J connectivity index is 1.66. The van der Waals surface area contributed by atoms with Crippen LogP contribution >= 0.6 is 0 Å². The second kappa shape index (κ2) is 20.1. The van der Waals surface area contributed by atoms with E-state index in [1.165, 1.54) is 36.8 Å². The molecule has 6 atom stereocenters. The van der Waals surface area contributed by atoms with Gasteiger partial charge < -0.3 is 46.7 Å². The number of carbonyl (C=O) groups excluding carboxylic acids is 6. The summed E-state index contributed by atoms with van der Waals surface area (Å²) in [5.74, 6) is -3.99. The zero-order valence-electron chi connectivity index (χ0n) is 29.7. The van der Waals surface area contributed by atoms with E-state index in [9.17, 15) is 33.9 Å². The first kappa shape index (κ1) is 40.6. The minimum Gasteiger partial charge on any atom is -0.394 e. The van der Waals surface area contributed by atoms with Gasteiger partial charge in [-0.3, -0.25) is 28.8 Å². The summed E-state index contributed by atoms with van der Waals surface area (Å²) < 4.78 is 6.06. The first-order valence-electron chi connectivity index (χ1n) is 17.3. The maximum Gasteiger partial charge on any atom is 0.245 e. The second-order valence-electron chi connectivity index (χ2n) is 13.3. The Morgan fingerprint density at radius 2 is 1.63 bits per heavy atom. The first-order chi connectivity index (χ1) is 24.3. The van der Waals surface area contributed by atoms with Gasteiger partial charge >= 0.3 is 0 Å². The molecule has 0 bridgehead atoms. The Labute approximate surface area is 298 Å². The SMILES string of the molecule is CC(=O)N1C[C@@H](OCCCCc2ccccc2)C[C@H]1C(=O)N[C@@H](CC(C)C)C(=O)N[C@@H](Cc1cnc[nH]1)C(=O)N[C@@H](CO)C(=O)N[C@@H](C)C(N)=O. The number of rotatable bonds is 20. The molecule has 51 heavy (non-hydrogen) atoms. The molecule has 1 aliphatic rings. The summed E-state index contributed by atoms with van der Waals surface area (Å²) in [6.45, 7) is 6.41. The molecule has 6 amide bonds. The molecular weight excluding hydrogens is 660 g/mol. The number of aliphatic hydroxyl groups excluding tert-OH is 1. The number of hydrogen-bond acceptors (Lipinski definition) is 9. The lowest BCUT2D eigenvalue weighted by Gasteiger charge is -2.28. The van der Waals surface area contributed by atoms with E-state index in [1.54, 1.807) is 0 Å². The van der Waals surface area contributed by atoms with Crippen molar-refractivity contribution in [3.05, 3.63) is 54.1 Å². The van der Waals surface area contributed by atoms with Gasteiger partial charge in [0.2, 0.25) is 35.4 Å². The van der Waals surface area contributed by atoms with E-state index >= 15 is 0 Å². The van der Waals surface area contributed by atoms with Crippen molar-refractivity contribution in [2.45, 2.75) is 103 Å². The number of unbranched alkanes of at least 4 members (excludes halogenated alkanes) is 1. The number of ether oxygens (including phenoxy) is 1. The molecule has 16 nitrogen and oxygen atoms in total. The van der Waals surface area contributed by atoms with Crippen LogP contribution in [0.2, 0.25) is 0 Å². The molecule has 2 heterocycles. The van der Waals surface area contributed by atoms with Gasteiger partial charge in [-0.1, -0.05) is 44.2 Å². The van der Waals surface area contributed by atoms with E-state index in [0.717, 1.165) is 19.3 Å². The largest absolute Gasteiger partial charge is 0.394 e. The fourth-order valence-electron chi connectivity index (χ4n) is 5.76. The molecule has 1 aromatic heterocycles. The first-order valence-corrected chi connectivity index (χ1v) is 17.3. The molecule has 1 aliphatic heterocycles. The van der Waals surface area contributed by atoms with Crippen LogP contribution in [-0.4, -0.2) is 111 Å². The number of nitrogens with zero attached hydrogens (tertiary/aromatic N) is 2. The monoisotopic (exact) mass is 712 g/mol. The van der Waals surface area contributed by atoms with Crippen molar-refractivity contribution in [3.63, 3.8) is 0 Å². The van der Waals surface area contributed by atoms with Crippen molar-refractivity contribution in [3.8, 4) is 0 Å². The molecule has 0 radical (unpaired) electrons. The predicted octanol–water partition coefficient (Wildman–Crippen LogP) is -0.536. The lowest BCUT2D eigenvalue weighted by atomic mass is 10.0. The van der Waals surface area contributed by atoms with Crippen LogP contribution in [0.4, 0.5) is 0 Å². The number of nitrogens with one attached hydrogen (secondary N) is 5. The van der Waals surface area contributed by atoms with Gasteiger partial charge in [0.05, 0.1) is 19.0 Å². The van der Waals surface area contributed by atoms with Gasteiger partial charge in [0.1, 0.15) is 30.2 Å². The van der Waals surface area contributed by atoms with Gasteiger partial charge in [0.25, 0.3) is 0 Å². The smallest absolute Gasteiger partial charge is 0.245 e.